The van der Waals surface area contributed by atoms with Crippen LogP contribution in [0.4, 0.5) is 0 Å². The molecule has 0 bridgehead atoms. The van der Waals surface area contributed by atoms with Crippen molar-refractivity contribution in [3.8, 4) is 0 Å². The third kappa shape index (κ3) is 1.93. The summed E-state index contributed by atoms with van der Waals surface area (Å²) in [7, 11) is 0. The number of aryl methyl sites for hydroxylation is 2. The maximum Gasteiger partial charge on any atom is 0.271 e. The zero-order valence-corrected chi connectivity index (χ0v) is 9.08. The van der Waals surface area contributed by atoms with Crippen LogP contribution in [0.2, 0.25) is 0 Å². The molecule has 0 radical (unpaired) electrons. The number of rotatable bonds is 3. The molecule has 1 N–H and O–H groups in total. The molecular weight excluding hydrogens is 190 g/mol. The molecule has 0 aliphatic heterocycles. The van der Waals surface area contributed by atoms with Gasteiger partial charge in [0.05, 0.1) is 0 Å². The number of aromatic amines is 1. The minimum Gasteiger partial charge on any atom is -0.276 e. The largest absolute Gasteiger partial charge is 0.276 e. The average Bonchev–Trinajstić information content (AvgIpc) is 2.57. The van der Waals surface area contributed by atoms with E-state index in [9.17, 15) is 4.79 Å². The summed E-state index contributed by atoms with van der Waals surface area (Å²) in [6.07, 6.45) is 3.12. The Morgan fingerprint density at radius 1 is 1.47 bits per heavy atom. The van der Waals surface area contributed by atoms with Crippen LogP contribution in [0.25, 0.3) is 5.65 Å². The van der Waals surface area contributed by atoms with Gasteiger partial charge in [0, 0.05) is 12.5 Å². The summed E-state index contributed by atoms with van der Waals surface area (Å²) in [4.78, 5) is 16.0. The molecule has 0 spiro atoms. The van der Waals surface area contributed by atoms with Gasteiger partial charge in [-0.15, -0.1) is 0 Å². The van der Waals surface area contributed by atoms with Crippen molar-refractivity contribution in [2.45, 2.75) is 33.1 Å². The first kappa shape index (κ1) is 9.96. The molecule has 0 saturated heterocycles. The van der Waals surface area contributed by atoms with Crippen LogP contribution in [0.15, 0.2) is 16.9 Å². The van der Waals surface area contributed by atoms with Gasteiger partial charge in [-0.05, 0) is 25.0 Å². The highest BCUT2D eigenvalue weighted by atomic mass is 16.1. The molecule has 0 aliphatic carbocycles. The van der Waals surface area contributed by atoms with E-state index in [1.54, 1.807) is 6.07 Å². The second kappa shape index (κ2) is 3.88. The lowest BCUT2D eigenvalue weighted by atomic mass is 10.2. The Kier molecular flexibility index (Phi) is 2.58. The van der Waals surface area contributed by atoms with Crippen molar-refractivity contribution in [2.75, 3.05) is 0 Å². The number of nitrogens with one attached hydrogen (secondary N) is 1. The Hall–Kier alpha value is -1.58. The number of pyridine rings is 1. The zero-order valence-electron chi connectivity index (χ0n) is 9.08. The van der Waals surface area contributed by atoms with E-state index >= 15 is 0 Å². The molecule has 80 valence electrons. The quantitative estimate of drug-likeness (QED) is 0.828. The van der Waals surface area contributed by atoms with Gasteiger partial charge in [-0.3, -0.25) is 9.89 Å². The Balaban J connectivity index is 2.46. The summed E-state index contributed by atoms with van der Waals surface area (Å²) >= 11 is 0. The number of fused-ring (bicyclic) bond motifs is 1. The predicted molar refractivity (Wildman–Crippen MR) is 59.2 cm³/mol. The van der Waals surface area contributed by atoms with E-state index in [0.717, 1.165) is 30.7 Å². The molecule has 0 atom stereocenters. The van der Waals surface area contributed by atoms with Crippen LogP contribution < -0.4 is 5.56 Å². The fourth-order valence-corrected chi connectivity index (χ4v) is 1.63. The first-order valence-corrected chi connectivity index (χ1v) is 5.29. The normalized spacial score (nSPS) is 11.1. The van der Waals surface area contributed by atoms with E-state index in [-0.39, 0.29) is 5.56 Å². The summed E-state index contributed by atoms with van der Waals surface area (Å²) in [6.45, 7) is 4.04. The second-order valence-corrected chi connectivity index (χ2v) is 3.84. The van der Waals surface area contributed by atoms with E-state index in [1.165, 1.54) is 4.52 Å². The molecule has 0 amide bonds. The van der Waals surface area contributed by atoms with E-state index in [2.05, 4.69) is 17.0 Å². The van der Waals surface area contributed by atoms with Crippen LogP contribution in [-0.2, 0) is 6.42 Å². The lowest BCUT2D eigenvalue weighted by Gasteiger charge is -1.92. The minimum atomic E-state index is -0.0414. The Bertz CT molecular complexity index is 524. The lowest BCUT2D eigenvalue weighted by Crippen LogP contribution is -2.12. The molecule has 15 heavy (non-hydrogen) atoms. The van der Waals surface area contributed by atoms with Crippen molar-refractivity contribution in [2.24, 2.45) is 0 Å². The van der Waals surface area contributed by atoms with Crippen molar-refractivity contribution in [3.63, 3.8) is 0 Å². The summed E-state index contributed by atoms with van der Waals surface area (Å²) in [6, 6.07) is 3.52. The predicted octanol–water partition coefficient (Wildman–Crippen LogP) is 1.67. The fraction of sp³-hybridized carbons (Fsp3) is 0.455. The molecule has 2 aromatic rings. The van der Waals surface area contributed by atoms with Crippen molar-refractivity contribution in [1.82, 2.24) is 14.6 Å². The number of hydrogen-bond donors (Lipinski definition) is 1. The van der Waals surface area contributed by atoms with E-state index < -0.39 is 0 Å². The third-order valence-electron chi connectivity index (χ3n) is 2.41. The molecule has 2 rings (SSSR count). The Labute approximate surface area is 87.9 Å². The van der Waals surface area contributed by atoms with Crippen molar-refractivity contribution in [1.29, 1.82) is 0 Å². The third-order valence-corrected chi connectivity index (χ3v) is 2.41. The minimum absolute atomic E-state index is 0.0414. The first-order chi connectivity index (χ1) is 7.20. The van der Waals surface area contributed by atoms with Gasteiger partial charge in [0.1, 0.15) is 5.82 Å². The number of aromatic nitrogens is 3. The molecule has 2 aromatic heterocycles. The smallest absolute Gasteiger partial charge is 0.271 e. The summed E-state index contributed by atoms with van der Waals surface area (Å²) in [5, 5.41) is 3.02. The van der Waals surface area contributed by atoms with Gasteiger partial charge < -0.3 is 0 Å². The summed E-state index contributed by atoms with van der Waals surface area (Å²) in [5.41, 5.74) is 1.62. The van der Waals surface area contributed by atoms with Crippen LogP contribution in [0, 0.1) is 6.92 Å². The van der Waals surface area contributed by atoms with Crippen LogP contribution in [0.1, 0.15) is 31.2 Å². The maximum atomic E-state index is 11.6. The van der Waals surface area contributed by atoms with Gasteiger partial charge >= 0.3 is 0 Å². The highest BCUT2D eigenvalue weighted by Gasteiger charge is 2.03. The molecule has 0 saturated carbocycles. The molecule has 0 fully saturated rings. The number of hydrogen-bond acceptors (Lipinski definition) is 2. The van der Waals surface area contributed by atoms with E-state index in [0.29, 0.717) is 5.65 Å². The topological polar surface area (TPSA) is 50.2 Å². The number of unbranched alkanes of at least 4 members (excludes halogenated alkanes) is 1. The van der Waals surface area contributed by atoms with Gasteiger partial charge in [0.15, 0.2) is 5.65 Å². The zero-order chi connectivity index (χ0) is 10.8. The molecule has 0 aliphatic rings. The van der Waals surface area contributed by atoms with Crippen LogP contribution >= 0.6 is 0 Å². The highest BCUT2D eigenvalue weighted by Crippen LogP contribution is 2.04. The van der Waals surface area contributed by atoms with Crippen molar-refractivity contribution in [3.05, 3.63) is 33.9 Å². The van der Waals surface area contributed by atoms with E-state index in [4.69, 9.17) is 0 Å². The van der Waals surface area contributed by atoms with Gasteiger partial charge in [-0.25, -0.2) is 9.50 Å². The van der Waals surface area contributed by atoms with Crippen LogP contribution in [-0.4, -0.2) is 14.6 Å². The fourth-order valence-electron chi connectivity index (χ4n) is 1.63. The van der Waals surface area contributed by atoms with Crippen LogP contribution in [0.5, 0.6) is 0 Å². The Morgan fingerprint density at radius 3 is 3.00 bits per heavy atom. The van der Waals surface area contributed by atoms with Crippen molar-refractivity contribution >= 4 is 5.65 Å². The molecule has 4 heteroatoms. The highest BCUT2D eigenvalue weighted by molar-refractivity contribution is 5.39. The van der Waals surface area contributed by atoms with Gasteiger partial charge in [0.2, 0.25) is 0 Å². The molecule has 4 nitrogen and oxygen atoms in total. The van der Waals surface area contributed by atoms with Gasteiger partial charge in [-0.1, -0.05) is 13.3 Å². The molecular formula is C11H15N3O. The molecule has 0 aromatic carbocycles. The van der Waals surface area contributed by atoms with Crippen LogP contribution in [0.3, 0.4) is 0 Å². The SMILES string of the molecule is CCCCc1nc2cc(C)cc(=O)n2[nH]1. The Morgan fingerprint density at radius 2 is 2.27 bits per heavy atom. The van der Waals surface area contributed by atoms with Gasteiger partial charge in [-0.2, -0.15) is 0 Å². The maximum absolute atomic E-state index is 11.6. The first-order valence-electron chi connectivity index (χ1n) is 5.29. The lowest BCUT2D eigenvalue weighted by molar-refractivity contribution is 0.744. The number of nitrogens with zero attached hydrogens (tertiary/aromatic N) is 2. The standard InChI is InChI=1S/C11H15N3O/c1-3-4-5-9-12-10-6-8(2)7-11(15)14(10)13-9/h6-7H,3-5H2,1-2H3,(H,12,13). The van der Waals surface area contributed by atoms with Crippen molar-refractivity contribution < 1.29 is 0 Å². The molecule has 2 heterocycles. The average molecular weight is 205 g/mol. The van der Waals surface area contributed by atoms with E-state index in [1.807, 2.05) is 13.0 Å². The molecule has 0 unspecified atom stereocenters. The number of H-pyrrole nitrogens is 1. The van der Waals surface area contributed by atoms with Gasteiger partial charge in [0.25, 0.3) is 5.56 Å². The summed E-state index contributed by atoms with van der Waals surface area (Å²) < 4.78 is 1.50. The monoisotopic (exact) mass is 205 g/mol. The second-order valence-electron chi connectivity index (χ2n) is 3.84. The summed E-state index contributed by atoms with van der Waals surface area (Å²) in [5.74, 6) is 0.888.